The van der Waals surface area contributed by atoms with E-state index in [0.717, 1.165) is 13.0 Å². The molecule has 1 aromatic carbocycles. The minimum Gasteiger partial charge on any atom is -0.457 e. The molecular formula is C17H21Cl2NO3. The summed E-state index contributed by atoms with van der Waals surface area (Å²) in [6.07, 6.45) is 1.10. The van der Waals surface area contributed by atoms with Crippen LogP contribution in [0.3, 0.4) is 0 Å². The second kappa shape index (κ2) is 8.02. The van der Waals surface area contributed by atoms with E-state index in [0.29, 0.717) is 28.6 Å². The molecule has 1 saturated heterocycles. The maximum atomic E-state index is 12.2. The number of ether oxygens (including phenoxy) is 1. The van der Waals surface area contributed by atoms with Crippen LogP contribution in [0.25, 0.3) is 0 Å². The van der Waals surface area contributed by atoms with Gasteiger partial charge < -0.3 is 9.64 Å². The summed E-state index contributed by atoms with van der Waals surface area (Å²) in [5.41, 5.74) is 0.636. The first-order valence-electron chi connectivity index (χ1n) is 7.81. The minimum absolute atomic E-state index is 0.0322. The molecule has 1 aromatic rings. The number of halogens is 2. The summed E-state index contributed by atoms with van der Waals surface area (Å²) in [6, 6.07) is 5.22. The highest BCUT2D eigenvalue weighted by molar-refractivity contribution is 6.36. The fourth-order valence-electron chi connectivity index (χ4n) is 2.68. The molecule has 1 atom stereocenters. The third kappa shape index (κ3) is 4.61. The lowest BCUT2D eigenvalue weighted by Crippen LogP contribution is -2.28. The zero-order valence-corrected chi connectivity index (χ0v) is 14.9. The van der Waals surface area contributed by atoms with Crippen LogP contribution < -0.4 is 0 Å². The third-order valence-corrected chi connectivity index (χ3v) is 4.56. The lowest BCUT2D eigenvalue weighted by atomic mass is 9.98. The van der Waals surface area contributed by atoms with Crippen molar-refractivity contribution in [2.24, 2.45) is 5.92 Å². The highest BCUT2D eigenvalue weighted by Gasteiger charge is 2.26. The van der Waals surface area contributed by atoms with Gasteiger partial charge in [-0.15, -0.1) is 0 Å². The number of carbonyl (C=O) groups excluding carboxylic acids is 2. The Morgan fingerprint density at radius 3 is 2.48 bits per heavy atom. The molecule has 6 heteroatoms. The highest BCUT2D eigenvalue weighted by Crippen LogP contribution is 2.36. The number of carbonyl (C=O) groups is 2. The summed E-state index contributed by atoms with van der Waals surface area (Å²) in [4.78, 5) is 25.4. The maximum absolute atomic E-state index is 12.2. The zero-order valence-electron chi connectivity index (χ0n) is 13.4. The van der Waals surface area contributed by atoms with Gasteiger partial charge in [0.05, 0.1) is 6.42 Å². The van der Waals surface area contributed by atoms with Gasteiger partial charge in [0.2, 0.25) is 5.91 Å². The van der Waals surface area contributed by atoms with Crippen molar-refractivity contribution >= 4 is 35.1 Å². The summed E-state index contributed by atoms with van der Waals surface area (Å²) >= 11 is 12.4. The Labute approximate surface area is 146 Å². The van der Waals surface area contributed by atoms with E-state index in [9.17, 15) is 9.59 Å². The van der Waals surface area contributed by atoms with E-state index < -0.39 is 6.10 Å². The molecule has 1 amide bonds. The molecule has 23 heavy (non-hydrogen) atoms. The van der Waals surface area contributed by atoms with Gasteiger partial charge in [-0.05, 0) is 24.5 Å². The Balaban J connectivity index is 2.02. The first-order valence-corrected chi connectivity index (χ1v) is 8.57. The van der Waals surface area contributed by atoms with E-state index in [1.54, 1.807) is 23.1 Å². The lowest BCUT2D eigenvalue weighted by Gasteiger charge is -2.24. The SMILES string of the molecule is CC(C)[C@H](OC(=O)CCN1CCCC1=O)c1c(Cl)cccc1Cl. The number of hydrogen-bond donors (Lipinski definition) is 0. The van der Waals surface area contributed by atoms with Crippen LogP contribution in [-0.4, -0.2) is 29.9 Å². The van der Waals surface area contributed by atoms with Crippen molar-refractivity contribution < 1.29 is 14.3 Å². The molecule has 1 aliphatic heterocycles. The van der Waals surface area contributed by atoms with Crippen LogP contribution in [-0.2, 0) is 14.3 Å². The molecule has 0 aromatic heterocycles. The third-order valence-electron chi connectivity index (χ3n) is 3.91. The largest absolute Gasteiger partial charge is 0.457 e. The van der Waals surface area contributed by atoms with Crippen LogP contribution in [0, 0.1) is 5.92 Å². The predicted molar refractivity (Wildman–Crippen MR) is 90.6 cm³/mol. The Hall–Kier alpha value is -1.26. The number of rotatable bonds is 6. The van der Waals surface area contributed by atoms with Gasteiger partial charge in [0, 0.05) is 35.1 Å². The highest BCUT2D eigenvalue weighted by atomic mass is 35.5. The first kappa shape index (κ1) is 18.1. The molecule has 0 bridgehead atoms. The number of hydrogen-bond acceptors (Lipinski definition) is 3. The second-order valence-electron chi connectivity index (χ2n) is 6.02. The van der Waals surface area contributed by atoms with Crippen LogP contribution in [0.4, 0.5) is 0 Å². The standard InChI is InChI=1S/C17H21Cl2NO3/c1-11(2)17(16-12(18)5-3-6-13(16)19)23-15(22)8-10-20-9-4-7-14(20)21/h3,5-6,11,17H,4,7-10H2,1-2H3/t17-/m0/s1. The minimum atomic E-state index is -0.502. The molecule has 4 nitrogen and oxygen atoms in total. The molecule has 1 aliphatic rings. The van der Waals surface area contributed by atoms with Crippen LogP contribution in [0.15, 0.2) is 18.2 Å². The van der Waals surface area contributed by atoms with Crippen LogP contribution in [0.2, 0.25) is 10.0 Å². The Kier molecular flexibility index (Phi) is 6.31. The van der Waals surface area contributed by atoms with Crippen molar-refractivity contribution in [2.45, 2.75) is 39.2 Å². The fraction of sp³-hybridized carbons (Fsp3) is 0.529. The predicted octanol–water partition coefficient (Wildman–Crippen LogP) is 4.25. The number of benzene rings is 1. The normalized spacial score (nSPS) is 16.0. The molecule has 0 saturated carbocycles. The molecule has 0 N–H and O–H groups in total. The van der Waals surface area contributed by atoms with Gasteiger partial charge >= 0.3 is 5.97 Å². The Morgan fingerprint density at radius 1 is 1.30 bits per heavy atom. The van der Waals surface area contributed by atoms with E-state index in [1.165, 1.54) is 0 Å². The molecule has 0 aliphatic carbocycles. The summed E-state index contributed by atoms with van der Waals surface area (Å²) in [7, 11) is 0. The maximum Gasteiger partial charge on any atom is 0.308 e. The van der Waals surface area contributed by atoms with E-state index >= 15 is 0 Å². The smallest absolute Gasteiger partial charge is 0.308 e. The molecular weight excluding hydrogens is 337 g/mol. The Bertz CT molecular complexity index is 569. The second-order valence-corrected chi connectivity index (χ2v) is 6.84. The molecule has 0 unspecified atom stereocenters. The van der Waals surface area contributed by atoms with Crippen molar-refractivity contribution in [3.63, 3.8) is 0 Å². The quantitative estimate of drug-likeness (QED) is 0.715. The number of esters is 1. The summed E-state index contributed by atoms with van der Waals surface area (Å²) < 4.78 is 5.61. The van der Waals surface area contributed by atoms with Crippen LogP contribution in [0.5, 0.6) is 0 Å². The van der Waals surface area contributed by atoms with Gasteiger partial charge in [-0.1, -0.05) is 43.1 Å². The first-order chi connectivity index (χ1) is 10.9. The van der Waals surface area contributed by atoms with Crippen molar-refractivity contribution in [1.29, 1.82) is 0 Å². The average Bonchev–Trinajstić information content (AvgIpc) is 2.89. The van der Waals surface area contributed by atoms with Gasteiger partial charge in [-0.3, -0.25) is 9.59 Å². The molecule has 1 fully saturated rings. The van der Waals surface area contributed by atoms with Crippen molar-refractivity contribution in [3.05, 3.63) is 33.8 Å². The zero-order chi connectivity index (χ0) is 17.0. The molecule has 1 heterocycles. The van der Waals surface area contributed by atoms with Gasteiger partial charge in [0.25, 0.3) is 0 Å². The topological polar surface area (TPSA) is 46.6 Å². The fourth-order valence-corrected chi connectivity index (χ4v) is 3.29. The summed E-state index contributed by atoms with van der Waals surface area (Å²) in [5.74, 6) is -0.212. The van der Waals surface area contributed by atoms with Crippen molar-refractivity contribution in [1.82, 2.24) is 4.90 Å². The van der Waals surface area contributed by atoms with E-state index in [1.807, 2.05) is 13.8 Å². The van der Waals surface area contributed by atoms with Crippen molar-refractivity contribution in [3.8, 4) is 0 Å². The summed E-state index contributed by atoms with van der Waals surface area (Å²) in [6.45, 7) is 5.01. The number of amides is 1. The lowest BCUT2D eigenvalue weighted by molar-refractivity contribution is -0.152. The van der Waals surface area contributed by atoms with Gasteiger partial charge in [0.15, 0.2) is 0 Å². The van der Waals surface area contributed by atoms with Crippen molar-refractivity contribution in [2.75, 3.05) is 13.1 Å². The van der Waals surface area contributed by atoms with E-state index in [2.05, 4.69) is 0 Å². The average molecular weight is 358 g/mol. The number of nitrogens with zero attached hydrogens (tertiary/aromatic N) is 1. The number of likely N-dealkylation sites (tertiary alicyclic amines) is 1. The monoisotopic (exact) mass is 357 g/mol. The van der Waals surface area contributed by atoms with Crippen LogP contribution in [0.1, 0.15) is 44.8 Å². The Morgan fingerprint density at radius 2 is 1.96 bits per heavy atom. The van der Waals surface area contributed by atoms with E-state index in [-0.39, 0.29) is 24.2 Å². The van der Waals surface area contributed by atoms with Gasteiger partial charge in [-0.2, -0.15) is 0 Å². The van der Waals surface area contributed by atoms with Crippen LogP contribution >= 0.6 is 23.2 Å². The molecule has 126 valence electrons. The molecule has 2 rings (SSSR count). The van der Waals surface area contributed by atoms with Gasteiger partial charge in [0.1, 0.15) is 6.10 Å². The molecule has 0 radical (unpaired) electrons. The summed E-state index contributed by atoms with van der Waals surface area (Å²) in [5, 5.41) is 0.970. The van der Waals surface area contributed by atoms with E-state index in [4.69, 9.17) is 27.9 Å². The van der Waals surface area contributed by atoms with Gasteiger partial charge in [-0.25, -0.2) is 0 Å². The molecule has 0 spiro atoms.